The number of thiazole rings is 1. The fourth-order valence-corrected chi connectivity index (χ4v) is 2.28. The highest BCUT2D eigenvalue weighted by atomic mass is 32.1. The molecule has 1 aromatic heterocycles. The van der Waals surface area contributed by atoms with Crippen molar-refractivity contribution in [1.29, 1.82) is 0 Å². The molecule has 2 aromatic rings. The smallest absolute Gasteiger partial charge is 0.249 e. The van der Waals surface area contributed by atoms with Gasteiger partial charge < -0.3 is 4.74 Å². The number of carbonyl (C=O) groups is 1. The third kappa shape index (κ3) is 2.62. The lowest BCUT2D eigenvalue weighted by Gasteiger charge is -1.96. The lowest BCUT2D eigenvalue weighted by molar-refractivity contribution is -0.111. The second-order valence-electron chi connectivity index (χ2n) is 3.34. The van der Waals surface area contributed by atoms with E-state index in [0.29, 0.717) is 5.13 Å². The van der Waals surface area contributed by atoms with Gasteiger partial charge in [-0.05, 0) is 31.2 Å². The van der Waals surface area contributed by atoms with E-state index >= 15 is 0 Å². The van der Waals surface area contributed by atoms with E-state index in [1.54, 1.807) is 20.1 Å². The molecule has 0 saturated carbocycles. The standard InChI is InChI=1S/C12H12N2O2S/c1-3-4-11(15)14-12-13-9-6-5-8(16-2)7-10(9)17-12/h3-7H,1-2H3,(H,13,14,15). The van der Waals surface area contributed by atoms with Gasteiger partial charge in [0.1, 0.15) is 5.75 Å². The van der Waals surface area contributed by atoms with E-state index in [9.17, 15) is 4.79 Å². The van der Waals surface area contributed by atoms with Crippen molar-refractivity contribution in [3.8, 4) is 5.75 Å². The molecule has 0 spiro atoms. The molecule has 0 bridgehead atoms. The lowest BCUT2D eigenvalue weighted by Crippen LogP contribution is -2.06. The van der Waals surface area contributed by atoms with Crippen LogP contribution in [0.5, 0.6) is 5.75 Å². The molecule has 0 aliphatic carbocycles. The van der Waals surface area contributed by atoms with Crippen molar-refractivity contribution in [2.45, 2.75) is 6.92 Å². The Hall–Kier alpha value is -1.88. The molecule has 1 amide bonds. The van der Waals surface area contributed by atoms with Crippen LogP contribution in [-0.4, -0.2) is 18.0 Å². The highest BCUT2D eigenvalue weighted by Gasteiger charge is 2.06. The van der Waals surface area contributed by atoms with Crippen molar-refractivity contribution in [2.24, 2.45) is 0 Å². The van der Waals surface area contributed by atoms with Gasteiger partial charge in [-0.1, -0.05) is 17.4 Å². The Balaban J connectivity index is 2.28. The van der Waals surface area contributed by atoms with Crippen LogP contribution in [0.4, 0.5) is 5.13 Å². The number of anilines is 1. The van der Waals surface area contributed by atoms with E-state index in [0.717, 1.165) is 16.0 Å². The highest BCUT2D eigenvalue weighted by molar-refractivity contribution is 7.22. The molecule has 1 heterocycles. The van der Waals surface area contributed by atoms with E-state index in [4.69, 9.17) is 4.74 Å². The Kier molecular flexibility index (Phi) is 3.39. The average Bonchev–Trinajstić information content (AvgIpc) is 2.69. The summed E-state index contributed by atoms with van der Waals surface area (Å²) in [5.74, 6) is 0.617. The third-order valence-corrected chi connectivity index (χ3v) is 3.08. The number of aromatic nitrogens is 1. The normalized spacial score (nSPS) is 10.9. The molecule has 2 rings (SSSR count). The first kappa shape index (κ1) is 11.6. The molecular formula is C12H12N2O2S. The lowest BCUT2D eigenvalue weighted by atomic mass is 10.3. The summed E-state index contributed by atoms with van der Waals surface area (Å²) in [6, 6.07) is 5.62. The number of fused-ring (bicyclic) bond motifs is 1. The van der Waals surface area contributed by atoms with Crippen LogP contribution in [0.15, 0.2) is 30.4 Å². The summed E-state index contributed by atoms with van der Waals surface area (Å²) >= 11 is 1.42. The molecule has 5 heteroatoms. The molecule has 0 saturated heterocycles. The molecule has 0 radical (unpaired) electrons. The van der Waals surface area contributed by atoms with Crippen LogP contribution >= 0.6 is 11.3 Å². The number of benzene rings is 1. The molecular weight excluding hydrogens is 236 g/mol. The van der Waals surface area contributed by atoms with Gasteiger partial charge in [-0.2, -0.15) is 0 Å². The van der Waals surface area contributed by atoms with Crippen molar-refractivity contribution < 1.29 is 9.53 Å². The molecule has 0 atom stereocenters. The minimum Gasteiger partial charge on any atom is -0.497 e. The zero-order chi connectivity index (χ0) is 12.3. The van der Waals surface area contributed by atoms with Crippen molar-refractivity contribution in [1.82, 2.24) is 4.98 Å². The van der Waals surface area contributed by atoms with Crippen LogP contribution in [0.25, 0.3) is 10.2 Å². The van der Waals surface area contributed by atoms with Gasteiger partial charge in [0.05, 0.1) is 17.3 Å². The van der Waals surface area contributed by atoms with Gasteiger partial charge in [0.25, 0.3) is 0 Å². The number of nitrogens with one attached hydrogen (secondary N) is 1. The van der Waals surface area contributed by atoms with E-state index in [1.807, 2.05) is 18.2 Å². The highest BCUT2D eigenvalue weighted by Crippen LogP contribution is 2.28. The van der Waals surface area contributed by atoms with Crippen LogP contribution in [0.1, 0.15) is 6.92 Å². The summed E-state index contributed by atoms with van der Waals surface area (Å²) in [5, 5.41) is 3.30. The van der Waals surface area contributed by atoms with Gasteiger partial charge in [0.15, 0.2) is 5.13 Å². The topological polar surface area (TPSA) is 51.2 Å². The van der Waals surface area contributed by atoms with Crippen LogP contribution in [0, 0.1) is 0 Å². The summed E-state index contributed by atoms with van der Waals surface area (Å²) in [7, 11) is 1.62. The van der Waals surface area contributed by atoms with Crippen molar-refractivity contribution in [2.75, 3.05) is 12.4 Å². The maximum atomic E-state index is 11.4. The molecule has 1 N–H and O–H groups in total. The van der Waals surface area contributed by atoms with Gasteiger partial charge in [-0.15, -0.1) is 0 Å². The van der Waals surface area contributed by atoms with Crippen LogP contribution in [0.3, 0.4) is 0 Å². The summed E-state index contributed by atoms with van der Waals surface area (Å²) in [6.45, 7) is 1.79. The predicted octanol–water partition coefficient (Wildman–Crippen LogP) is 2.82. The first-order valence-corrected chi connectivity index (χ1v) is 5.93. The first-order valence-electron chi connectivity index (χ1n) is 5.11. The Morgan fingerprint density at radius 1 is 1.53 bits per heavy atom. The molecule has 0 aliphatic heterocycles. The summed E-state index contributed by atoms with van der Waals surface area (Å²) in [4.78, 5) is 15.7. The molecule has 0 unspecified atom stereocenters. The Morgan fingerprint density at radius 3 is 3.06 bits per heavy atom. The van der Waals surface area contributed by atoms with Gasteiger partial charge in [0.2, 0.25) is 5.91 Å². The number of allylic oxidation sites excluding steroid dienone is 1. The molecule has 0 aliphatic rings. The molecule has 4 nitrogen and oxygen atoms in total. The van der Waals surface area contributed by atoms with Gasteiger partial charge in [-0.3, -0.25) is 10.1 Å². The van der Waals surface area contributed by atoms with Crippen LogP contribution in [0.2, 0.25) is 0 Å². The minimum absolute atomic E-state index is 0.168. The SMILES string of the molecule is CC=CC(=O)Nc1nc2ccc(OC)cc2s1. The number of ether oxygens (including phenoxy) is 1. The van der Waals surface area contributed by atoms with Crippen molar-refractivity contribution in [3.05, 3.63) is 30.4 Å². The maximum absolute atomic E-state index is 11.4. The summed E-state index contributed by atoms with van der Waals surface area (Å²) in [6.07, 6.45) is 3.15. The monoisotopic (exact) mass is 248 g/mol. The minimum atomic E-state index is -0.168. The second-order valence-corrected chi connectivity index (χ2v) is 4.37. The summed E-state index contributed by atoms with van der Waals surface area (Å²) in [5.41, 5.74) is 0.853. The number of methoxy groups -OCH3 is 1. The first-order chi connectivity index (χ1) is 8.22. The molecule has 1 aromatic carbocycles. The largest absolute Gasteiger partial charge is 0.497 e. The van der Waals surface area contributed by atoms with E-state index in [2.05, 4.69) is 10.3 Å². The van der Waals surface area contributed by atoms with Crippen molar-refractivity contribution in [3.63, 3.8) is 0 Å². The van der Waals surface area contributed by atoms with E-state index in [-0.39, 0.29) is 5.91 Å². The van der Waals surface area contributed by atoms with E-state index < -0.39 is 0 Å². The zero-order valence-corrected chi connectivity index (χ0v) is 10.4. The zero-order valence-electron chi connectivity index (χ0n) is 9.56. The van der Waals surface area contributed by atoms with Gasteiger partial charge in [0, 0.05) is 0 Å². The Labute approximate surface area is 103 Å². The van der Waals surface area contributed by atoms with Crippen molar-refractivity contribution >= 4 is 32.6 Å². The molecule has 88 valence electrons. The van der Waals surface area contributed by atoms with Gasteiger partial charge in [-0.25, -0.2) is 4.98 Å². The second kappa shape index (κ2) is 4.97. The maximum Gasteiger partial charge on any atom is 0.249 e. The van der Waals surface area contributed by atoms with Gasteiger partial charge >= 0.3 is 0 Å². The molecule has 0 fully saturated rings. The quantitative estimate of drug-likeness (QED) is 0.850. The number of carbonyl (C=O) groups excluding carboxylic acids is 1. The summed E-state index contributed by atoms with van der Waals surface area (Å²) < 4.78 is 6.12. The predicted molar refractivity (Wildman–Crippen MR) is 69.6 cm³/mol. The number of nitrogens with zero attached hydrogens (tertiary/aromatic N) is 1. The number of rotatable bonds is 3. The third-order valence-electron chi connectivity index (χ3n) is 2.14. The van der Waals surface area contributed by atoms with Crippen LogP contribution < -0.4 is 10.1 Å². The number of hydrogen-bond donors (Lipinski definition) is 1. The van der Waals surface area contributed by atoms with E-state index in [1.165, 1.54) is 17.4 Å². The Morgan fingerprint density at radius 2 is 2.35 bits per heavy atom. The molecule has 17 heavy (non-hydrogen) atoms. The fraction of sp³-hybridized carbons (Fsp3) is 0.167. The Bertz CT molecular complexity index is 575. The average molecular weight is 248 g/mol. The number of amides is 1. The fourth-order valence-electron chi connectivity index (χ4n) is 1.38. The number of hydrogen-bond acceptors (Lipinski definition) is 4. The van der Waals surface area contributed by atoms with Crippen LogP contribution in [-0.2, 0) is 4.79 Å².